The Bertz CT molecular complexity index is 2460. The van der Waals surface area contributed by atoms with E-state index in [2.05, 4.69) is 0 Å². The Kier molecular flexibility index (Phi) is 33.8. The van der Waals surface area contributed by atoms with E-state index in [9.17, 15) is 0 Å². The first kappa shape index (κ1) is 86.1. The third-order valence-corrected chi connectivity index (χ3v) is 42.7. The number of hydrogen-bond donors (Lipinski definition) is 0. The second-order valence-electron chi connectivity index (χ2n) is 49.1. The van der Waals surface area contributed by atoms with Crippen molar-refractivity contribution in [3.63, 3.8) is 0 Å². The van der Waals surface area contributed by atoms with E-state index in [1.807, 2.05) is 0 Å². The molecule has 0 saturated heterocycles. The Morgan fingerprint density at radius 3 is 0.491 bits per heavy atom. The Labute approximate surface area is 711 Å². The zero-order valence-corrected chi connectivity index (χ0v) is 76.5. The molecule has 0 radical (unpaired) electrons. The molecule has 0 N–H and O–H groups in total. The molecular weight excluding hydrogens is 1370 g/mol. The first-order chi connectivity index (χ1) is 56.5. The molecule has 0 amide bonds. The van der Waals surface area contributed by atoms with Gasteiger partial charge in [0.25, 0.3) is 0 Å². The molecule has 28 rings (SSSR count). The largest absolute Gasteiger partial charge is 0.0533 e. The van der Waals surface area contributed by atoms with E-state index < -0.39 is 0 Å². The summed E-state index contributed by atoms with van der Waals surface area (Å²) in [6.45, 7) is 0. The molecule has 26 unspecified atom stereocenters. The highest BCUT2D eigenvalue weighted by atomic mass is 14.6. The lowest BCUT2D eigenvalue weighted by Gasteiger charge is -2.48. The number of rotatable bonds is 0. The second kappa shape index (κ2) is 44.7. The van der Waals surface area contributed by atoms with E-state index in [1.54, 1.807) is 411 Å². The van der Waals surface area contributed by atoms with Crippen LogP contribution in [0.15, 0.2) is 0 Å². The molecule has 0 aromatic rings. The summed E-state index contributed by atoms with van der Waals surface area (Å²) < 4.78 is 0. The van der Waals surface area contributed by atoms with Gasteiger partial charge < -0.3 is 0 Å². The molecule has 0 aromatic heterocycles. The summed E-state index contributed by atoms with van der Waals surface area (Å²) in [5.74, 6) is 37.7. The Balaban J connectivity index is 0.0000000907. The van der Waals surface area contributed by atoms with Gasteiger partial charge in [-0.2, -0.15) is 0 Å². The standard InChI is InChI=1S/2C14H24.C12H20.C11H18.C11H20.C10H18.C9H16.C8H14.2C7H12.C6H10.C5H8/c1-3-7-13-11(5-1)9-10-12-6-2-4-8-14(12)13;1-2-6-12-10-14-8-4-3-7-13(14)9-11(12)5-1;1-3-9-4-2-6-11-8-7-10(5-1)12(9)11;1-3-8-4-2-6-10(8)11-7-9(11)5-1;1-2-6-10-8-4-5-9-11(10)7-3-1;1-2-6-10-8-4-3-7-9(10)5-1;1-2-5-9-7-3-6-8(9)4-1;1-3-7-5-2-6-8(7)4-1;1-2-6-4-5-7(6)3-1;1-2-4-7-5-6(7)3-1;1-2-5-4-6(5)3-1;1-2-5-3-4(1)5/h2*11-14H,1-10H2;9-12H,1-8H2;8-11H,1-7H2;10-11H,1-9H2;9-10H,1-8H2;8-9H,1-7H2;7-8H,1-6H2;2*6-7H,1-5H2;5-6H,1-4H2;4-5H,1-3H2. The van der Waals surface area contributed by atoms with Crippen molar-refractivity contribution >= 4 is 0 Å². The summed E-state index contributed by atoms with van der Waals surface area (Å²) in [7, 11) is 0. The summed E-state index contributed by atoms with van der Waals surface area (Å²) in [6.07, 6.45) is 128. The third kappa shape index (κ3) is 24.6. The molecule has 0 spiro atoms. The Morgan fingerprint density at radius 2 is 0.211 bits per heavy atom. The molecule has 26 atom stereocenters. The molecule has 0 nitrogen and oxygen atoms in total. The predicted molar refractivity (Wildman–Crippen MR) is 490 cm³/mol. The van der Waals surface area contributed by atoms with E-state index in [0.717, 1.165) is 59.2 Å². The van der Waals surface area contributed by atoms with Crippen LogP contribution < -0.4 is 0 Å². The molecule has 0 aromatic carbocycles. The molecule has 28 aliphatic rings. The Hall–Kier alpha value is 0. The fraction of sp³-hybridized carbons (Fsp3) is 1.00. The fourth-order valence-electron chi connectivity index (χ4n) is 35.4. The normalized spacial score (nSPS) is 47.6. The average Bonchev–Trinajstić information content (AvgIpc) is 1.73. The van der Waals surface area contributed by atoms with E-state index in [-0.39, 0.29) is 0 Å². The van der Waals surface area contributed by atoms with Crippen molar-refractivity contribution in [2.75, 3.05) is 0 Å². The van der Waals surface area contributed by atoms with Crippen molar-refractivity contribution in [3.05, 3.63) is 0 Å². The van der Waals surface area contributed by atoms with Crippen LogP contribution in [0.4, 0.5) is 0 Å². The zero-order chi connectivity index (χ0) is 76.5. The van der Waals surface area contributed by atoms with Crippen molar-refractivity contribution in [3.8, 4) is 0 Å². The molecular formula is C114H196. The van der Waals surface area contributed by atoms with Crippen molar-refractivity contribution in [2.24, 2.45) is 189 Å². The topological polar surface area (TPSA) is 0 Å². The molecule has 28 fully saturated rings. The summed E-state index contributed by atoms with van der Waals surface area (Å²) in [6, 6.07) is 0. The SMILES string of the molecule is C1CC2CC12.C1CC2CC2C1.C1CC2CCC2C1.C1CC2CCCC2C1.C1CC2CCCC2C2CC2C1.C1CC2CCCC3CCC(C1)C23.C1CCC2C(C1)CCC1CCCCC12.C1CCC2CC2C1.C1CCC2CC3CCCCC3CC2C1.C1CCC2CCCC2C1.C1CCC2CCCCC2C1.C1CCC2CCCCC2CC1. The van der Waals surface area contributed by atoms with Crippen LogP contribution in [0.1, 0.15) is 527 Å². The van der Waals surface area contributed by atoms with Gasteiger partial charge in [-0.3, -0.25) is 0 Å². The van der Waals surface area contributed by atoms with Crippen molar-refractivity contribution in [1.82, 2.24) is 0 Å². The van der Waals surface area contributed by atoms with Gasteiger partial charge in [-0.05, 0) is 299 Å². The van der Waals surface area contributed by atoms with Crippen molar-refractivity contribution in [2.45, 2.75) is 527 Å². The second-order valence-corrected chi connectivity index (χ2v) is 49.1. The third-order valence-electron chi connectivity index (χ3n) is 42.7. The van der Waals surface area contributed by atoms with Crippen LogP contribution in [0.3, 0.4) is 0 Å². The van der Waals surface area contributed by atoms with Gasteiger partial charge in [-0.1, -0.05) is 417 Å². The fourth-order valence-corrected chi connectivity index (χ4v) is 35.4. The molecule has 652 valence electrons. The van der Waals surface area contributed by atoms with Crippen molar-refractivity contribution < 1.29 is 0 Å². The van der Waals surface area contributed by atoms with Crippen LogP contribution in [-0.2, 0) is 0 Å². The number of hydrogen-bond acceptors (Lipinski definition) is 0. The minimum absolute atomic E-state index is 1.14. The first-order valence-electron chi connectivity index (χ1n) is 56.5. The highest BCUT2D eigenvalue weighted by molar-refractivity contribution is 5.00. The quantitative estimate of drug-likeness (QED) is 0.227. The van der Waals surface area contributed by atoms with Gasteiger partial charge in [0.2, 0.25) is 0 Å². The summed E-state index contributed by atoms with van der Waals surface area (Å²) in [5, 5.41) is 0. The van der Waals surface area contributed by atoms with Crippen molar-refractivity contribution in [1.29, 1.82) is 0 Å². The van der Waals surface area contributed by atoms with Crippen LogP contribution in [0.25, 0.3) is 0 Å². The summed E-state index contributed by atoms with van der Waals surface area (Å²) in [5.41, 5.74) is 0. The van der Waals surface area contributed by atoms with Gasteiger partial charge in [0, 0.05) is 0 Å². The van der Waals surface area contributed by atoms with Gasteiger partial charge in [0.1, 0.15) is 0 Å². The molecule has 0 heteroatoms. The summed E-state index contributed by atoms with van der Waals surface area (Å²) in [4.78, 5) is 0. The van der Waals surface area contributed by atoms with E-state index in [1.165, 1.54) is 246 Å². The molecule has 28 saturated carbocycles. The Morgan fingerprint density at radius 1 is 0.0702 bits per heavy atom. The van der Waals surface area contributed by atoms with Gasteiger partial charge in [0.05, 0.1) is 0 Å². The zero-order valence-electron chi connectivity index (χ0n) is 76.5. The summed E-state index contributed by atoms with van der Waals surface area (Å²) >= 11 is 0. The van der Waals surface area contributed by atoms with Crippen LogP contribution in [0.2, 0.25) is 0 Å². The smallest absolute Gasteiger partial charge is 0.0329 e. The maximum absolute atomic E-state index is 1.62. The predicted octanol–water partition coefficient (Wildman–Crippen LogP) is 35.9. The van der Waals surface area contributed by atoms with E-state index >= 15 is 0 Å². The minimum atomic E-state index is 1.14. The minimum Gasteiger partial charge on any atom is -0.0533 e. The van der Waals surface area contributed by atoms with Crippen LogP contribution in [0.5, 0.6) is 0 Å². The van der Waals surface area contributed by atoms with E-state index in [0.29, 0.717) is 0 Å². The monoisotopic (exact) mass is 1570 g/mol. The van der Waals surface area contributed by atoms with Crippen LogP contribution >= 0.6 is 0 Å². The highest BCUT2D eigenvalue weighted by Crippen LogP contribution is 2.60. The molecule has 0 aliphatic heterocycles. The lowest BCUT2D eigenvalue weighted by atomic mass is 9.58. The van der Waals surface area contributed by atoms with Gasteiger partial charge in [-0.15, -0.1) is 0 Å². The lowest BCUT2D eigenvalue weighted by molar-refractivity contribution is 0.0278. The highest BCUT2D eigenvalue weighted by Gasteiger charge is 2.50. The lowest BCUT2D eigenvalue weighted by Crippen LogP contribution is -2.38. The number of fused-ring (bicyclic) bond motifs is 16. The molecule has 28 aliphatic carbocycles. The van der Waals surface area contributed by atoms with Gasteiger partial charge >= 0.3 is 0 Å². The molecule has 0 bridgehead atoms. The van der Waals surface area contributed by atoms with Gasteiger partial charge in [0.15, 0.2) is 0 Å². The van der Waals surface area contributed by atoms with E-state index in [4.69, 9.17) is 0 Å². The molecule has 0 heterocycles. The maximum atomic E-state index is 1.62. The van der Waals surface area contributed by atoms with Crippen LogP contribution in [0, 0.1) is 189 Å². The van der Waals surface area contributed by atoms with Gasteiger partial charge in [-0.25, -0.2) is 0 Å². The molecule has 114 heavy (non-hydrogen) atoms. The first-order valence-corrected chi connectivity index (χ1v) is 56.5. The van der Waals surface area contributed by atoms with Crippen LogP contribution in [-0.4, -0.2) is 0 Å². The average molecular weight is 1570 g/mol. The maximum Gasteiger partial charge on any atom is -0.0329 e.